The molecule has 40 valence electrons. The summed E-state index contributed by atoms with van der Waals surface area (Å²) in [6.07, 6.45) is 0. The van der Waals surface area contributed by atoms with Crippen molar-refractivity contribution in [1.29, 1.82) is 0 Å². The van der Waals surface area contributed by atoms with Crippen molar-refractivity contribution >= 4 is 0 Å². The Balaban J connectivity index is 0. The first kappa shape index (κ1) is 9.86. The third kappa shape index (κ3) is 8.83. The Morgan fingerprint density at radius 2 is 2.00 bits per heavy atom. The standard InChI is InChI=1S/C4H7.BrH.Ni/c1-4(2)3;;/h1-2H2,3H3;1H;/q;;+1/p-1. The van der Waals surface area contributed by atoms with E-state index in [2.05, 4.69) is 22.0 Å². The molecule has 0 aliphatic rings. The van der Waals surface area contributed by atoms with Gasteiger partial charge < -0.3 is 17.0 Å². The summed E-state index contributed by atoms with van der Waals surface area (Å²) in [5, 5.41) is 0.736. The molecule has 0 unspecified atom stereocenters. The van der Waals surface area contributed by atoms with E-state index in [0.29, 0.717) is 0 Å². The van der Waals surface area contributed by atoms with Crippen LogP contribution >= 0.6 is 0 Å². The van der Waals surface area contributed by atoms with Gasteiger partial charge in [0.1, 0.15) is 0 Å². The molecule has 0 aliphatic heterocycles. The molecule has 0 atom stereocenters. The molecule has 0 saturated carbocycles. The first-order chi connectivity index (χ1) is 2.27. The van der Waals surface area contributed by atoms with E-state index in [1.807, 2.05) is 6.92 Å². The Labute approximate surface area is 57.1 Å². The molecule has 0 radical (unpaired) electrons. The van der Waals surface area contributed by atoms with Gasteiger partial charge in [0, 0.05) is 0 Å². The molecule has 0 rings (SSSR count). The Bertz CT molecular complexity index is 42.8. The van der Waals surface area contributed by atoms with E-state index >= 15 is 0 Å². The van der Waals surface area contributed by atoms with Gasteiger partial charge in [0.25, 0.3) is 0 Å². The van der Waals surface area contributed by atoms with Crippen molar-refractivity contribution in [2.75, 3.05) is 0 Å². The zero-order valence-electron chi connectivity index (χ0n) is 3.61. The van der Waals surface area contributed by atoms with Crippen molar-refractivity contribution in [3.8, 4) is 0 Å². The average Bonchev–Trinajstić information content (AvgIpc) is 1.38. The zero-order valence-corrected chi connectivity index (χ0v) is 6.18. The van der Waals surface area contributed by atoms with Crippen LogP contribution in [0.5, 0.6) is 0 Å². The second kappa shape index (κ2) is 5.71. The Morgan fingerprint density at radius 3 is 2.00 bits per heavy atom. The Kier molecular flexibility index (Phi) is 9.39. The number of rotatable bonds is 1. The van der Waals surface area contributed by atoms with Crippen LogP contribution in [0.4, 0.5) is 0 Å². The fourth-order valence-corrected chi connectivity index (χ4v) is 0. The van der Waals surface area contributed by atoms with E-state index in [4.69, 9.17) is 0 Å². The molecule has 0 aromatic carbocycles. The zero-order chi connectivity index (χ0) is 4.28. The van der Waals surface area contributed by atoms with Crippen LogP contribution < -0.4 is 17.0 Å². The molecule has 0 saturated heterocycles. The van der Waals surface area contributed by atoms with Crippen LogP contribution in [0.25, 0.3) is 0 Å². The minimum absolute atomic E-state index is 0. The Morgan fingerprint density at radius 1 is 1.83 bits per heavy atom. The average molecular weight is 194 g/mol. The quantitative estimate of drug-likeness (QED) is 0.353. The van der Waals surface area contributed by atoms with Gasteiger partial charge in [-0.3, -0.25) is 0 Å². The minimum atomic E-state index is 0. The van der Waals surface area contributed by atoms with Crippen LogP contribution in [0.1, 0.15) is 6.92 Å². The van der Waals surface area contributed by atoms with Gasteiger partial charge in [-0.25, -0.2) is 0 Å². The van der Waals surface area contributed by atoms with E-state index in [1.165, 1.54) is 0 Å². The van der Waals surface area contributed by atoms with Crippen LogP contribution in [-0.4, -0.2) is 0 Å². The third-order valence-electron chi connectivity index (χ3n) is 0.191. The van der Waals surface area contributed by atoms with E-state index in [0.717, 1.165) is 11.0 Å². The maximum atomic E-state index is 4.33. The molecule has 0 aliphatic carbocycles. The molecule has 0 amide bonds. The first-order valence-electron chi connectivity index (χ1n) is 1.43. The predicted octanol–water partition coefficient (Wildman–Crippen LogP) is -1.47. The summed E-state index contributed by atoms with van der Waals surface area (Å²) in [6, 6.07) is 0. The molecule has 0 fully saturated rings. The SMILES string of the molecule is C=C(C)[CH2][Ni+].[Br-]. The second-order valence-electron chi connectivity index (χ2n) is 1.07. The number of hydrogen-bond acceptors (Lipinski definition) is 0. The molecule has 6 heavy (non-hydrogen) atoms. The van der Waals surface area contributed by atoms with Gasteiger partial charge in [-0.2, -0.15) is 0 Å². The van der Waals surface area contributed by atoms with E-state index in [-0.39, 0.29) is 17.0 Å². The van der Waals surface area contributed by atoms with E-state index < -0.39 is 0 Å². The summed E-state index contributed by atoms with van der Waals surface area (Å²) in [5.41, 5.74) is 1.09. The van der Waals surface area contributed by atoms with Gasteiger partial charge >= 0.3 is 39.9 Å². The van der Waals surface area contributed by atoms with Gasteiger partial charge in [0.15, 0.2) is 0 Å². The molecule has 0 N–H and O–H groups in total. The van der Waals surface area contributed by atoms with Crippen molar-refractivity contribution in [3.63, 3.8) is 0 Å². The summed E-state index contributed by atoms with van der Waals surface area (Å²) in [4.78, 5) is 0. The van der Waals surface area contributed by atoms with Crippen LogP contribution in [0.3, 0.4) is 0 Å². The van der Waals surface area contributed by atoms with Crippen molar-refractivity contribution in [2.24, 2.45) is 0 Å². The summed E-state index contributed by atoms with van der Waals surface area (Å²) < 4.78 is 0. The molecular formula is C4H7BrNi. The molecular weight excluding hydrogens is 187 g/mol. The predicted molar refractivity (Wildman–Crippen MR) is 19.6 cm³/mol. The summed E-state index contributed by atoms with van der Waals surface area (Å²) in [6.45, 7) is 5.51. The van der Waals surface area contributed by atoms with Crippen molar-refractivity contribution < 1.29 is 32.4 Å². The third-order valence-corrected chi connectivity index (χ3v) is 0.787. The monoisotopic (exact) mass is 192 g/mol. The van der Waals surface area contributed by atoms with Gasteiger partial charge in [0.05, 0.1) is 0 Å². The fourth-order valence-electron chi connectivity index (χ4n) is 0. The second-order valence-corrected chi connectivity index (χ2v) is 1.42. The van der Waals surface area contributed by atoms with Gasteiger partial charge in [-0.15, -0.1) is 0 Å². The molecule has 0 aromatic rings. The maximum Gasteiger partial charge on any atom is -1.00 e. The van der Waals surface area contributed by atoms with Gasteiger partial charge in [-0.05, 0) is 0 Å². The van der Waals surface area contributed by atoms with E-state index in [9.17, 15) is 0 Å². The maximum absolute atomic E-state index is 4.33. The van der Waals surface area contributed by atoms with Gasteiger partial charge in [-0.1, -0.05) is 0 Å². The van der Waals surface area contributed by atoms with Crippen molar-refractivity contribution in [3.05, 3.63) is 12.2 Å². The summed E-state index contributed by atoms with van der Waals surface area (Å²) in [7, 11) is 0. The molecule has 0 spiro atoms. The largest absolute Gasteiger partial charge is 1.00 e. The van der Waals surface area contributed by atoms with Crippen molar-refractivity contribution in [2.45, 2.75) is 12.3 Å². The molecule has 0 nitrogen and oxygen atoms in total. The first-order valence-corrected chi connectivity index (χ1v) is 2.13. The van der Waals surface area contributed by atoms with Crippen LogP contribution in [0, 0.1) is 0 Å². The molecule has 0 heterocycles. The van der Waals surface area contributed by atoms with Crippen LogP contribution in [-0.2, 0) is 15.5 Å². The minimum Gasteiger partial charge on any atom is -1.00 e. The summed E-state index contributed by atoms with van der Waals surface area (Å²) in [5.74, 6) is 0. The smallest absolute Gasteiger partial charge is 1.00 e. The number of allylic oxidation sites excluding steroid dienone is 1. The Hall–Kier alpha value is 0.714. The van der Waals surface area contributed by atoms with Gasteiger partial charge in [0.2, 0.25) is 0 Å². The number of halogens is 1. The molecule has 0 bridgehead atoms. The van der Waals surface area contributed by atoms with Crippen LogP contribution in [0.2, 0.25) is 5.39 Å². The van der Waals surface area contributed by atoms with Crippen LogP contribution in [0.15, 0.2) is 12.2 Å². The van der Waals surface area contributed by atoms with E-state index in [1.54, 1.807) is 0 Å². The normalized spacial score (nSPS) is 6.50. The number of hydrogen-bond donors (Lipinski definition) is 0. The topological polar surface area (TPSA) is 0 Å². The van der Waals surface area contributed by atoms with Crippen molar-refractivity contribution in [1.82, 2.24) is 0 Å². The summed E-state index contributed by atoms with van der Waals surface area (Å²) >= 11 is 4.33. The molecule has 2 heteroatoms. The molecule has 0 aromatic heterocycles. The fraction of sp³-hybridized carbons (Fsp3) is 0.500.